The highest BCUT2D eigenvalue weighted by atomic mass is 32.2. The molecule has 5 aromatic rings. The highest BCUT2D eigenvalue weighted by Gasteiger charge is 2.63. The number of rotatable bonds is 19. The fourth-order valence-corrected chi connectivity index (χ4v) is 18.3. The van der Waals surface area contributed by atoms with Crippen molar-refractivity contribution in [2.24, 2.45) is 0 Å². The Morgan fingerprint density at radius 1 is 0.500 bits per heavy atom. The molecule has 0 bridgehead atoms. The minimum absolute atomic E-state index is 0.0481. The number of piperazine rings is 3. The third-order valence-electron chi connectivity index (χ3n) is 18.8. The van der Waals surface area contributed by atoms with Crippen molar-refractivity contribution >= 4 is 47.8 Å². The molecule has 0 aliphatic carbocycles. The van der Waals surface area contributed by atoms with Gasteiger partial charge >= 0.3 is 18.1 Å². The average molecular weight is 1370 g/mol. The van der Waals surface area contributed by atoms with E-state index in [2.05, 4.69) is 21.9 Å². The van der Waals surface area contributed by atoms with Crippen LogP contribution in [-0.2, 0) is 77.8 Å². The van der Waals surface area contributed by atoms with Crippen molar-refractivity contribution in [3.05, 3.63) is 147 Å². The Morgan fingerprint density at radius 2 is 0.872 bits per heavy atom. The van der Waals surface area contributed by atoms with E-state index in [1.807, 2.05) is 58.9 Å². The van der Waals surface area contributed by atoms with Gasteiger partial charge in [-0.2, -0.15) is 26.1 Å². The van der Waals surface area contributed by atoms with Crippen LogP contribution in [0.1, 0.15) is 110 Å². The second kappa shape index (κ2) is 30.0. The van der Waals surface area contributed by atoms with E-state index in [4.69, 9.17) is 18.9 Å². The Bertz CT molecular complexity index is 3880. The molecule has 514 valence electrons. The van der Waals surface area contributed by atoms with Crippen LogP contribution in [0.25, 0.3) is 0 Å². The molecule has 25 heteroatoms. The van der Waals surface area contributed by atoms with E-state index in [1.165, 1.54) is 33.8 Å². The lowest BCUT2D eigenvalue weighted by Crippen LogP contribution is -2.70. The van der Waals surface area contributed by atoms with E-state index >= 15 is 0 Å². The van der Waals surface area contributed by atoms with Gasteiger partial charge in [-0.05, 0) is 163 Å². The molecule has 0 saturated carbocycles. The van der Waals surface area contributed by atoms with Crippen LogP contribution in [0.4, 0.5) is 13.2 Å². The molecule has 5 aromatic carbocycles. The van der Waals surface area contributed by atoms with Crippen molar-refractivity contribution in [3.63, 3.8) is 0 Å². The van der Waals surface area contributed by atoms with Gasteiger partial charge in [0.2, 0.25) is 30.1 Å². The fraction of sp³-hybridized carbons (Fsp3) is 0.522. The van der Waals surface area contributed by atoms with Gasteiger partial charge in [0.05, 0.1) is 66.0 Å². The molecule has 0 spiro atoms. The molecule has 94 heavy (non-hydrogen) atoms. The highest BCUT2D eigenvalue weighted by Crippen LogP contribution is 2.48. The molecule has 5 aliphatic heterocycles. The number of aryl methyl sites for hydroxylation is 5. The van der Waals surface area contributed by atoms with Crippen molar-refractivity contribution in [1.29, 1.82) is 0 Å². The van der Waals surface area contributed by atoms with E-state index in [1.54, 1.807) is 87.8 Å². The van der Waals surface area contributed by atoms with Crippen molar-refractivity contribution in [3.8, 4) is 11.5 Å². The normalized spacial score (nSPS) is 21.6. The Balaban J connectivity index is 0.000000181. The van der Waals surface area contributed by atoms with Gasteiger partial charge in [0.25, 0.3) is 0 Å². The van der Waals surface area contributed by atoms with E-state index in [-0.39, 0.29) is 80.3 Å². The molecule has 0 aromatic heterocycles. The second-order valence-electron chi connectivity index (χ2n) is 25.2. The molecule has 3 atom stereocenters. The number of alkyl halides is 3. The van der Waals surface area contributed by atoms with Gasteiger partial charge in [-0.15, -0.1) is 0 Å². The summed E-state index contributed by atoms with van der Waals surface area (Å²) in [6.07, 6.45) is -2.52. The van der Waals surface area contributed by atoms with Crippen molar-refractivity contribution in [2.75, 3.05) is 106 Å². The van der Waals surface area contributed by atoms with E-state index in [0.717, 1.165) is 86.2 Å². The summed E-state index contributed by atoms with van der Waals surface area (Å²) in [6.45, 7) is 19.6. The van der Waals surface area contributed by atoms with Crippen LogP contribution in [-0.4, -0.2) is 188 Å². The fourth-order valence-electron chi connectivity index (χ4n) is 13.9. The third kappa shape index (κ3) is 15.4. The zero-order valence-corrected chi connectivity index (χ0v) is 58.4. The quantitative estimate of drug-likeness (QED) is 0.0705. The van der Waals surface area contributed by atoms with Crippen LogP contribution >= 0.6 is 0 Å². The summed E-state index contributed by atoms with van der Waals surface area (Å²) in [5.74, 6) is 0.224. The number of hydrogen-bond donors (Lipinski definition) is 0. The zero-order valence-electron chi connectivity index (χ0n) is 55.9. The lowest BCUT2D eigenvalue weighted by molar-refractivity contribution is -0.247. The van der Waals surface area contributed by atoms with Gasteiger partial charge in [-0.25, -0.2) is 25.3 Å². The molecular formula is C69H91F3N6O13S3. The molecule has 5 aliphatic rings. The summed E-state index contributed by atoms with van der Waals surface area (Å²) < 4.78 is 149. The number of unbranched alkanes of at least 4 members (excludes halogenated alkanes) is 1. The first-order chi connectivity index (χ1) is 44.3. The Kier molecular flexibility index (Phi) is 23.5. The summed E-state index contributed by atoms with van der Waals surface area (Å²) >= 11 is 0. The number of benzene rings is 5. The molecular weight excluding hydrogens is 1270 g/mol. The molecule has 0 radical (unpaired) electrons. The number of esters is 2. The highest BCUT2D eigenvalue weighted by molar-refractivity contribution is 7.89. The number of halogens is 3. The Labute approximate surface area is 553 Å². The van der Waals surface area contributed by atoms with E-state index in [9.17, 15) is 52.8 Å². The summed E-state index contributed by atoms with van der Waals surface area (Å²) in [7, 11) is -8.26. The molecule has 10 rings (SSSR count). The molecule has 3 fully saturated rings. The number of nitrogens with zero attached hydrogens (tertiary/aromatic N) is 6. The number of carbonyl (C=O) groups excluding carboxylic acids is 3. The van der Waals surface area contributed by atoms with E-state index in [0.29, 0.717) is 43.9 Å². The van der Waals surface area contributed by atoms with Gasteiger partial charge in [-0.1, -0.05) is 78.6 Å². The first kappa shape index (κ1) is 73.5. The monoisotopic (exact) mass is 1360 g/mol. The summed E-state index contributed by atoms with van der Waals surface area (Å²) in [5.41, 5.74) is 5.06. The SMILES string of the molecule is CCCCN1CCN(S(=O)(=O)c2ccc(C)cc2)CC1(CC(=O)OCC)C(F)(F)F.CCOC(=O)CC12CN(S(=O)(=O)c3ccc(C)cc3)CCN1CCc1cc(C)c(OC)cc12.COc1cc2c(cc1C)CCN1CCN(S(=O)(=O)c3ccc(C)cc3)CC21CC(C)=O. The van der Waals surface area contributed by atoms with Crippen molar-refractivity contribution < 1.29 is 71.8 Å². The van der Waals surface area contributed by atoms with Crippen molar-refractivity contribution in [1.82, 2.24) is 27.6 Å². The molecule has 0 N–H and O–H groups in total. The summed E-state index contributed by atoms with van der Waals surface area (Å²) in [5, 5.41) is 0. The molecule has 3 unspecified atom stereocenters. The topological polar surface area (TPSA) is 210 Å². The van der Waals surface area contributed by atoms with Crippen LogP contribution in [0.15, 0.2) is 112 Å². The number of ether oxygens (including phenoxy) is 4. The zero-order chi connectivity index (χ0) is 68.8. The van der Waals surface area contributed by atoms with E-state index < -0.39 is 71.8 Å². The van der Waals surface area contributed by atoms with Gasteiger partial charge in [0.15, 0.2) is 0 Å². The standard InChI is InChI=1S/C25H32N2O5S.C24H30N2O4S.C20H29F3N2O4S/c1-5-32-24(28)16-25-17-27(33(29,30)21-8-6-18(2)7-9-21)13-12-26(25)11-10-20-14-19(3)23(31-4)15-22(20)25;1-17-5-7-21(8-6-17)31(28,29)26-12-11-25-10-9-20-13-18(2)23(30-4)14-22(20)24(25,16-26)15-19(3)27;1-4-6-11-24-12-13-25(30(27,28)17-9-7-16(3)8-10-17)15-19(24,20(21,22)23)14-18(26)29-5-2/h6-9,14-15H,5,10-13,16-17H2,1-4H3;5-8,13-14H,9-12,15-16H2,1-4H3;7-10H,4-6,11-15H2,1-3H3. The smallest absolute Gasteiger partial charge is 0.408 e. The molecule has 3 saturated heterocycles. The number of fused-ring (bicyclic) bond motifs is 6. The van der Waals surface area contributed by atoms with Gasteiger partial charge in [0, 0.05) is 78.4 Å². The molecule has 5 heterocycles. The van der Waals surface area contributed by atoms with Crippen LogP contribution in [0.3, 0.4) is 0 Å². The van der Waals surface area contributed by atoms with Crippen LogP contribution in [0.2, 0.25) is 0 Å². The number of Topliss-reactive ketones (excluding diaryl/α,β-unsaturated/α-hetero) is 1. The molecule has 0 amide bonds. The maximum absolute atomic E-state index is 14.4. The molecule has 19 nitrogen and oxygen atoms in total. The van der Waals surface area contributed by atoms with Crippen LogP contribution in [0, 0.1) is 34.6 Å². The maximum atomic E-state index is 14.4. The predicted molar refractivity (Wildman–Crippen MR) is 352 cm³/mol. The minimum atomic E-state index is -4.82. The number of ketones is 1. The first-order valence-electron chi connectivity index (χ1n) is 32.0. The lowest BCUT2D eigenvalue weighted by Gasteiger charge is -2.53. The number of carbonyl (C=O) groups is 3. The predicted octanol–water partition coefficient (Wildman–Crippen LogP) is 9.43. The van der Waals surface area contributed by atoms with Gasteiger partial charge < -0.3 is 18.9 Å². The largest absolute Gasteiger partial charge is 0.496 e. The van der Waals surface area contributed by atoms with Crippen molar-refractivity contribution in [2.45, 2.75) is 145 Å². The van der Waals surface area contributed by atoms with Crippen LogP contribution < -0.4 is 9.47 Å². The maximum Gasteiger partial charge on any atom is 0.408 e. The first-order valence-corrected chi connectivity index (χ1v) is 36.4. The minimum Gasteiger partial charge on any atom is -0.496 e. The van der Waals surface area contributed by atoms with Crippen LogP contribution in [0.5, 0.6) is 11.5 Å². The summed E-state index contributed by atoms with van der Waals surface area (Å²) in [4.78, 5) is 43.6. The van der Waals surface area contributed by atoms with Gasteiger partial charge in [0.1, 0.15) is 22.8 Å². The Hall–Kier alpha value is -6.29. The Morgan fingerprint density at radius 3 is 1.23 bits per heavy atom. The summed E-state index contributed by atoms with van der Waals surface area (Å²) in [6, 6.07) is 28.1. The number of sulfonamides is 3. The average Bonchev–Trinajstić information content (AvgIpc) is 0.740. The number of methoxy groups -OCH3 is 2. The van der Waals surface area contributed by atoms with Gasteiger partial charge in [-0.3, -0.25) is 29.1 Å². The third-order valence-corrected chi connectivity index (χ3v) is 24.4. The number of hydrogen-bond acceptors (Lipinski definition) is 16. The second-order valence-corrected chi connectivity index (χ2v) is 31.0. The lowest BCUT2D eigenvalue weighted by atomic mass is 9.75.